The van der Waals surface area contributed by atoms with Crippen LogP contribution in [0.25, 0.3) is 0 Å². The number of benzene rings is 1. The molecule has 0 bridgehead atoms. The lowest BCUT2D eigenvalue weighted by Gasteiger charge is -2.14. The van der Waals surface area contributed by atoms with Gasteiger partial charge in [0.25, 0.3) is 4.82 Å². The minimum absolute atomic E-state index is 0.223. The first-order valence-corrected chi connectivity index (χ1v) is 5.00. The number of anilines is 1. The highest BCUT2D eigenvalue weighted by molar-refractivity contribution is 9.18. The monoisotopic (exact) mass is 277 g/mol. The van der Waals surface area contributed by atoms with Crippen molar-refractivity contribution in [3.63, 3.8) is 0 Å². The lowest BCUT2D eigenvalue weighted by Crippen LogP contribution is -2.18. The number of halogens is 2. The molecule has 1 rings (SSSR count). The smallest absolute Gasteiger partial charge is 0.293 e. The van der Waals surface area contributed by atoms with E-state index in [4.69, 9.17) is 16.3 Å². The van der Waals surface area contributed by atoms with Crippen LogP contribution in [0.15, 0.2) is 18.2 Å². The van der Waals surface area contributed by atoms with Crippen molar-refractivity contribution in [3.8, 4) is 5.75 Å². The number of carbonyl (C=O) groups excluding carboxylic acids is 1. The first-order chi connectivity index (χ1) is 6.56. The molecule has 0 unspecified atom stereocenters. The summed E-state index contributed by atoms with van der Waals surface area (Å²) in [5.74, 6) is 0.589. The predicted octanol–water partition coefficient (Wildman–Crippen LogP) is 3.30. The topological polar surface area (TPSA) is 29.5 Å². The van der Waals surface area contributed by atoms with Gasteiger partial charge < -0.3 is 9.64 Å². The number of methoxy groups -OCH3 is 1. The fraction of sp³-hybridized carbons (Fsp3) is 0.222. The normalized spacial score (nSPS) is 9.71. The zero-order valence-corrected chi connectivity index (χ0v) is 10.1. The first-order valence-electron chi connectivity index (χ1n) is 3.83. The second-order valence-corrected chi connectivity index (χ2v) is 3.72. The van der Waals surface area contributed by atoms with Crippen LogP contribution in [-0.2, 0) is 0 Å². The van der Waals surface area contributed by atoms with Crippen LogP contribution < -0.4 is 9.64 Å². The van der Waals surface area contributed by atoms with E-state index in [1.807, 2.05) is 0 Å². The molecule has 1 aromatic carbocycles. The molecule has 0 heterocycles. The van der Waals surface area contributed by atoms with Crippen LogP contribution >= 0.6 is 27.5 Å². The van der Waals surface area contributed by atoms with E-state index in [-0.39, 0.29) is 4.82 Å². The van der Waals surface area contributed by atoms with Crippen molar-refractivity contribution < 1.29 is 9.53 Å². The quantitative estimate of drug-likeness (QED) is 0.613. The van der Waals surface area contributed by atoms with Gasteiger partial charge in [-0.3, -0.25) is 4.79 Å². The van der Waals surface area contributed by atoms with Crippen molar-refractivity contribution in [1.82, 2.24) is 0 Å². The van der Waals surface area contributed by atoms with Gasteiger partial charge in [-0.05, 0) is 18.2 Å². The maximum absolute atomic E-state index is 11.0. The van der Waals surface area contributed by atoms with Crippen LogP contribution in [0.3, 0.4) is 0 Å². The minimum atomic E-state index is -0.223. The Morgan fingerprint density at radius 3 is 2.64 bits per heavy atom. The van der Waals surface area contributed by atoms with Gasteiger partial charge in [0.1, 0.15) is 5.75 Å². The van der Waals surface area contributed by atoms with E-state index in [0.29, 0.717) is 16.5 Å². The summed E-state index contributed by atoms with van der Waals surface area (Å²) in [6.07, 6.45) is 0. The number of ether oxygens (including phenoxy) is 1. The molecule has 0 spiro atoms. The number of hydrogen-bond acceptors (Lipinski definition) is 2. The zero-order valence-electron chi connectivity index (χ0n) is 7.75. The molecule has 0 aliphatic carbocycles. The van der Waals surface area contributed by atoms with Crippen LogP contribution in [0, 0.1) is 0 Å². The number of amides is 1. The highest BCUT2D eigenvalue weighted by atomic mass is 79.9. The summed E-state index contributed by atoms with van der Waals surface area (Å²) in [6.45, 7) is 0. The summed E-state index contributed by atoms with van der Waals surface area (Å²) in [5, 5.41) is 0.477. The highest BCUT2D eigenvalue weighted by Gasteiger charge is 2.09. The summed E-state index contributed by atoms with van der Waals surface area (Å²) in [4.78, 5) is 12.2. The number of carbonyl (C=O) groups is 1. The Morgan fingerprint density at radius 1 is 1.57 bits per heavy atom. The van der Waals surface area contributed by atoms with Gasteiger partial charge in [-0.2, -0.15) is 0 Å². The van der Waals surface area contributed by atoms with Gasteiger partial charge >= 0.3 is 0 Å². The molecule has 3 nitrogen and oxygen atoms in total. The molecule has 0 saturated carbocycles. The summed E-state index contributed by atoms with van der Waals surface area (Å²) in [6, 6.07) is 5.13. The maximum atomic E-state index is 11.0. The standard InChI is InChI=1S/C9H9BrClNO2/c1-12(9(10)13)6-3-4-8(14-2)7(11)5-6/h3-5H,1-2H3. The van der Waals surface area contributed by atoms with E-state index in [9.17, 15) is 4.79 Å². The summed E-state index contributed by atoms with van der Waals surface area (Å²) in [7, 11) is 3.19. The van der Waals surface area contributed by atoms with Crippen molar-refractivity contribution >= 4 is 38.0 Å². The van der Waals surface area contributed by atoms with Crippen LogP contribution in [0.2, 0.25) is 5.02 Å². The minimum Gasteiger partial charge on any atom is -0.495 e. The molecular formula is C9H9BrClNO2. The van der Waals surface area contributed by atoms with Gasteiger partial charge in [-0.1, -0.05) is 11.6 Å². The summed E-state index contributed by atoms with van der Waals surface area (Å²) in [5.41, 5.74) is 0.706. The number of hydrogen-bond donors (Lipinski definition) is 0. The van der Waals surface area contributed by atoms with Gasteiger partial charge in [0.05, 0.1) is 12.1 Å². The van der Waals surface area contributed by atoms with Crippen molar-refractivity contribution in [2.45, 2.75) is 0 Å². The molecule has 0 aliphatic rings. The van der Waals surface area contributed by atoms with Crippen molar-refractivity contribution in [3.05, 3.63) is 23.2 Å². The SMILES string of the molecule is COc1ccc(N(C)C(=O)Br)cc1Cl. The third kappa shape index (κ3) is 2.39. The zero-order chi connectivity index (χ0) is 10.7. The van der Waals surface area contributed by atoms with Crippen LogP contribution in [0.4, 0.5) is 10.5 Å². The van der Waals surface area contributed by atoms with E-state index < -0.39 is 0 Å². The number of rotatable bonds is 2. The van der Waals surface area contributed by atoms with Crippen molar-refractivity contribution in [1.29, 1.82) is 0 Å². The van der Waals surface area contributed by atoms with E-state index in [1.54, 1.807) is 32.4 Å². The Bertz CT molecular complexity index is 357. The molecule has 0 saturated heterocycles. The molecule has 0 atom stereocenters. The van der Waals surface area contributed by atoms with Gasteiger partial charge in [-0.25, -0.2) is 0 Å². The van der Waals surface area contributed by atoms with Crippen LogP contribution in [-0.4, -0.2) is 19.0 Å². The Hall–Kier alpha value is -0.740. The average molecular weight is 279 g/mol. The molecule has 1 amide bonds. The molecule has 0 radical (unpaired) electrons. The lowest BCUT2D eigenvalue weighted by atomic mass is 10.3. The molecule has 0 N–H and O–H groups in total. The second kappa shape index (κ2) is 4.66. The van der Waals surface area contributed by atoms with Gasteiger partial charge in [0.2, 0.25) is 0 Å². The Labute approximate surface area is 95.7 Å². The molecule has 0 aromatic heterocycles. The van der Waals surface area contributed by atoms with Crippen LogP contribution in [0.1, 0.15) is 0 Å². The van der Waals surface area contributed by atoms with E-state index in [1.165, 1.54) is 4.90 Å². The molecule has 0 fully saturated rings. The fourth-order valence-electron chi connectivity index (χ4n) is 0.965. The van der Waals surface area contributed by atoms with Crippen molar-refractivity contribution in [2.75, 3.05) is 19.1 Å². The van der Waals surface area contributed by atoms with Crippen LogP contribution in [0.5, 0.6) is 5.75 Å². The Morgan fingerprint density at radius 2 is 2.21 bits per heavy atom. The van der Waals surface area contributed by atoms with Gasteiger partial charge in [0, 0.05) is 28.7 Å². The lowest BCUT2D eigenvalue weighted by molar-refractivity contribution is 0.267. The number of nitrogens with zero attached hydrogens (tertiary/aromatic N) is 1. The average Bonchev–Trinajstić information content (AvgIpc) is 2.16. The molecule has 1 aromatic rings. The highest BCUT2D eigenvalue weighted by Crippen LogP contribution is 2.29. The first kappa shape index (κ1) is 11.3. The van der Waals surface area contributed by atoms with Gasteiger partial charge in [-0.15, -0.1) is 0 Å². The predicted molar refractivity (Wildman–Crippen MR) is 60.7 cm³/mol. The molecule has 5 heteroatoms. The Balaban J connectivity index is 3.02. The summed E-state index contributed by atoms with van der Waals surface area (Å²) < 4.78 is 4.99. The third-order valence-corrected chi connectivity index (χ3v) is 2.61. The third-order valence-electron chi connectivity index (χ3n) is 1.79. The van der Waals surface area contributed by atoms with E-state index >= 15 is 0 Å². The maximum Gasteiger partial charge on any atom is 0.293 e. The molecule has 14 heavy (non-hydrogen) atoms. The van der Waals surface area contributed by atoms with E-state index in [2.05, 4.69) is 15.9 Å². The second-order valence-electron chi connectivity index (χ2n) is 2.63. The molecule has 76 valence electrons. The fourth-order valence-corrected chi connectivity index (χ4v) is 1.42. The molecular weight excluding hydrogens is 269 g/mol. The Kier molecular flexibility index (Phi) is 3.77. The molecule has 0 aliphatic heterocycles. The van der Waals surface area contributed by atoms with Crippen molar-refractivity contribution in [2.24, 2.45) is 0 Å². The largest absolute Gasteiger partial charge is 0.495 e. The van der Waals surface area contributed by atoms with E-state index in [0.717, 1.165) is 0 Å². The van der Waals surface area contributed by atoms with Gasteiger partial charge in [0.15, 0.2) is 0 Å². The summed E-state index contributed by atoms with van der Waals surface area (Å²) >= 11 is 8.75.